The van der Waals surface area contributed by atoms with E-state index in [0.29, 0.717) is 10.1 Å². The van der Waals surface area contributed by atoms with Crippen molar-refractivity contribution in [1.29, 1.82) is 0 Å². The van der Waals surface area contributed by atoms with Gasteiger partial charge in [0.05, 0.1) is 6.04 Å². The number of anilines is 2. The molecule has 0 spiro atoms. The maximum absolute atomic E-state index is 13.3. The van der Waals surface area contributed by atoms with E-state index in [9.17, 15) is 4.39 Å². The van der Waals surface area contributed by atoms with E-state index in [1.165, 1.54) is 17.0 Å². The van der Waals surface area contributed by atoms with Gasteiger partial charge in [-0.05, 0) is 73.1 Å². The first-order chi connectivity index (χ1) is 15.5. The van der Waals surface area contributed by atoms with E-state index in [1.807, 2.05) is 36.4 Å². The normalized spacial score (nSPS) is 16.4. The largest absolute Gasteiger partial charge is 0.369 e. The van der Waals surface area contributed by atoms with Gasteiger partial charge in [0.25, 0.3) is 0 Å². The number of nitrogens with zero attached hydrogens (tertiary/aromatic N) is 2. The molecule has 168 valence electrons. The highest BCUT2D eigenvalue weighted by Gasteiger charge is 2.30. The quantitative estimate of drug-likeness (QED) is 0.429. The standard InChI is InChI=1S/C24H26ClFN4S2/c1-17(27-24(31)28-20-5-2-4-18(25)16-20)23(22-6-3-15-32-22)30-13-11-29(12-14-30)21-9-7-19(26)8-10-21/h2-10,15-17,23H,11-14H2,1H3,(H2,27,28,31)/t17-,23-/m0/s1. The second-order valence-electron chi connectivity index (χ2n) is 7.86. The molecule has 0 unspecified atom stereocenters. The van der Waals surface area contributed by atoms with Crippen molar-refractivity contribution < 1.29 is 4.39 Å². The fourth-order valence-corrected chi connectivity index (χ4v) is 5.59. The number of halogens is 2. The average Bonchev–Trinajstić information content (AvgIpc) is 3.29. The average molecular weight is 489 g/mol. The van der Waals surface area contributed by atoms with E-state index in [1.54, 1.807) is 11.3 Å². The van der Waals surface area contributed by atoms with E-state index in [2.05, 4.69) is 44.9 Å². The molecule has 3 aromatic rings. The van der Waals surface area contributed by atoms with Gasteiger partial charge in [-0.2, -0.15) is 0 Å². The molecule has 4 rings (SSSR count). The van der Waals surface area contributed by atoms with Crippen LogP contribution in [-0.4, -0.2) is 42.2 Å². The van der Waals surface area contributed by atoms with Gasteiger partial charge in [0.15, 0.2) is 5.11 Å². The molecule has 2 N–H and O–H groups in total. The summed E-state index contributed by atoms with van der Waals surface area (Å²) in [6.07, 6.45) is 0. The molecule has 0 bridgehead atoms. The number of thiocarbonyl (C=S) groups is 1. The maximum Gasteiger partial charge on any atom is 0.171 e. The zero-order valence-corrected chi connectivity index (χ0v) is 20.2. The molecule has 1 aromatic heterocycles. The molecule has 0 saturated carbocycles. The second-order valence-corrected chi connectivity index (χ2v) is 9.68. The SMILES string of the molecule is C[C@H](NC(=S)Nc1cccc(Cl)c1)[C@@H](c1cccs1)N1CCN(c2ccc(F)cc2)CC1. The minimum atomic E-state index is -0.201. The van der Waals surface area contributed by atoms with Crippen LogP contribution in [0, 0.1) is 5.82 Å². The number of thiophene rings is 1. The van der Waals surface area contributed by atoms with Crippen LogP contribution in [0.1, 0.15) is 17.8 Å². The first-order valence-electron chi connectivity index (χ1n) is 10.6. The Morgan fingerprint density at radius 3 is 2.47 bits per heavy atom. The van der Waals surface area contributed by atoms with Gasteiger partial charge in [0.1, 0.15) is 5.82 Å². The number of hydrogen-bond acceptors (Lipinski definition) is 4. The number of piperazine rings is 1. The van der Waals surface area contributed by atoms with Crippen LogP contribution >= 0.6 is 35.2 Å². The van der Waals surface area contributed by atoms with Crippen LogP contribution < -0.4 is 15.5 Å². The lowest BCUT2D eigenvalue weighted by atomic mass is 10.0. The number of hydrogen-bond donors (Lipinski definition) is 2. The lowest BCUT2D eigenvalue weighted by Gasteiger charge is -2.42. The monoisotopic (exact) mass is 488 g/mol. The Hall–Kier alpha value is -2.19. The highest BCUT2D eigenvalue weighted by molar-refractivity contribution is 7.80. The number of benzene rings is 2. The lowest BCUT2D eigenvalue weighted by molar-refractivity contribution is 0.163. The highest BCUT2D eigenvalue weighted by Crippen LogP contribution is 2.30. The molecule has 1 aliphatic heterocycles. The third-order valence-electron chi connectivity index (χ3n) is 5.65. The van der Waals surface area contributed by atoms with Crippen LogP contribution in [0.15, 0.2) is 66.0 Å². The van der Waals surface area contributed by atoms with Gasteiger partial charge in [-0.1, -0.05) is 23.7 Å². The maximum atomic E-state index is 13.3. The molecule has 2 atom stereocenters. The van der Waals surface area contributed by atoms with Crippen LogP contribution in [-0.2, 0) is 0 Å². The number of rotatable bonds is 6. The van der Waals surface area contributed by atoms with Crippen molar-refractivity contribution in [2.24, 2.45) is 0 Å². The highest BCUT2D eigenvalue weighted by atomic mass is 35.5. The van der Waals surface area contributed by atoms with E-state index in [-0.39, 0.29) is 17.9 Å². The van der Waals surface area contributed by atoms with Crippen LogP contribution in [0.4, 0.5) is 15.8 Å². The summed E-state index contributed by atoms with van der Waals surface area (Å²) >= 11 is 13.4. The van der Waals surface area contributed by atoms with Gasteiger partial charge in [0, 0.05) is 53.5 Å². The lowest BCUT2D eigenvalue weighted by Crippen LogP contribution is -2.52. The molecular formula is C24H26ClFN4S2. The van der Waals surface area contributed by atoms with Crippen molar-refractivity contribution in [3.8, 4) is 0 Å². The zero-order valence-electron chi connectivity index (χ0n) is 17.8. The summed E-state index contributed by atoms with van der Waals surface area (Å²) in [6, 6.07) is 18.9. The van der Waals surface area contributed by atoms with Gasteiger partial charge < -0.3 is 15.5 Å². The van der Waals surface area contributed by atoms with E-state index in [4.69, 9.17) is 23.8 Å². The van der Waals surface area contributed by atoms with Gasteiger partial charge in [-0.3, -0.25) is 4.90 Å². The molecule has 0 aliphatic carbocycles. The molecule has 32 heavy (non-hydrogen) atoms. The summed E-state index contributed by atoms with van der Waals surface area (Å²) in [5.41, 5.74) is 1.93. The van der Waals surface area contributed by atoms with Gasteiger partial charge >= 0.3 is 0 Å². The first kappa shape index (κ1) is 23.0. The predicted octanol–water partition coefficient (Wildman–Crippen LogP) is 5.78. The van der Waals surface area contributed by atoms with E-state index >= 15 is 0 Å². The topological polar surface area (TPSA) is 30.5 Å². The Bertz CT molecular complexity index is 1020. The molecule has 4 nitrogen and oxygen atoms in total. The van der Waals surface area contributed by atoms with Crippen LogP contribution in [0.5, 0.6) is 0 Å². The Labute approximate surface area is 203 Å². The van der Waals surface area contributed by atoms with Crippen molar-refractivity contribution in [3.63, 3.8) is 0 Å². The summed E-state index contributed by atoms with van der Waals surface area (Å²) < 4.78 is 13.3. The smallest absolute Gasteiger partial charge is 0.171 e. The van der Waals surface area contributed by atoms with Gasteiger partial charge in [0.2, 0.25) is 0 Å². The molecule has 2 heterocycles. The fourth-order valence-electron chi connectivity index (χ4n) is 4.13. The van der Waals surface area contributed by atoms with E-state index in [0.717, 1.165) is 37.6 Å². The summed E-state index contributed by atoms with van der Waals surface area (Å²) in [5.74, 6) is -0.201. The third kappa shape index (κ3) is 5.78. The first-order valence-corrected chi connectivity index (χ1v) is 12.3. The van der Waals surface area contributed by atoms with E-state index < -0.39 is 0 Å². The van der Waals surface area contributed by atoms with Gasteiger partial charge in [-0.15, -0.1) is 11.3 Å². The second kappa shape index (κ2) is 10.6. The predicted molar refractivity (Wildman–Crippen MR) is 138 cm³/mol. The third-order valence-corrected chi connectivity index (χ3v) is 7.05. The van der Waals surface area contributed by atoms with Crippen molar-refractivity contribution in [2.45, 2.75) is 19.0 Å². The van der Waals surface area contributed by atoms with Crippen LogP contribution in [0.3, 0.4) is 0 Å². The molecule has 0 amide bonds. The minimum absolute atomic E-state index is 0.102. The number of nitrogens with one attached hydrogen (secondary N) is 2. The van der Waals surface area contributed by atoms with Crippen LogP contribution in [0.25, 0.3) is 0 Å². The summed E-state index contributed by atoms with van der Waals surface area (Å²) in [5, 5.41) is 10.1. The molecule has 1 saturated heterocycles. The molecule has 2 aromatic carbocycles. The molecule has 8 heteroatoms. The fraction of sp³-hybridized carbons (Fsp3) is 0.292. The molecule has 1 aliphatic rings. The van der Waals surface area contributed by atoms with Crippen molar-refractivity contribution in [1.82, 2.24) is 10.2 Å². The Morgan fingerprint density at radius 2 is 1.81 bits per heavy atom. The summed E-state index contributed by atoms with van der Waals surface area (Å²) in [6.45, 7) is 5.79. The Kier molecular flexibility index (Phi) is 7.63. The summed E-state index contributed by atoms with van der Waals surface area (Å²) in [7, 11) is 0. The zero-order chi connectivity index (χ0) is 22.5. The Balaban J connectivity index is 1.41. The van der Waals surface area contributed by atoms with Crippen molar-refractivity contribution >= 4 is 51.6 Å². The Morgan fingerprint density at radius 1 is 1.06 bits per heavy atom. The van der Waals surface area contributed by atoms with Gasteiger partial charge in [-0.25, -0.2) is 4.39 Å². The molecule has 1 fully saturated rings. The van der Waals surface area contributed by atoms with Crippen molar-refractivity contribution in [3.05, 3.63) is 81.8 Å². The molecular weight excluding hydrogens is 463 g/mol. The minimum Gasteiger partial charge on any atom is -0.369 e. The summed E-state index contributed by atoms with van der Waals surface area (Å²) in [4.78, 5) is 6.13. The van der Waals surface area contributed by atoms with Crippen LogP contribution in [0.2, 0.25) is 5.02 Å². The molecule has 0 radical (unpaired) electrons. The van der Waals surface area contributed by atoms with Crippen molar-refractivity contribution in [2.75, 3.05) is 36.4 Å².